The van der Waals surface area contributed by atoms with Crippen LogP contribution in [0, 0.1) is 5.82 Å². The summed E-state index contributed by atoms with van der Waals surface area (Å²) >= 11 is 14.2. The molecule has 0 heterocycles. The summed E-state index contributed by atoms with van der Waals surface area (Å²) < 4.78 is 52.6. The highest BCUT2D eigenvalue weighted by molar-refractivity contribution is 9.10. The third-order valence-electron chi connectivity index (χ3n) is 3.00. The Bertz CT molecular complexity index is 768. The topological polar surface area (TPSA) is 24.1 Å². The van der Waals surface area contributed by atoms with E-state index < -0.39 is 17.6 Å². The summed E-state index contributed by atoms with van der Waals surface area (Å²) in [5.41, 5.74) is -0.853. The second kappa shape index (κ2) is 7.67. The SMILES string of the molecule is Fc1c(CNC(=S)Nc2ccc(Br)c(Cl)c2)cccc1C(F)(F)F. The van der Waals surface area contributed by atoms with Crippen molar-refractivity contribution in [3.8, 4) is 0 Å². The Labute approximate surface area is 154 Å². The van der Waals surface area contributed by atoms with Crippen LogP contribution in [0.25, 0.3) is 0 Å². The first-order valence-electron chi connectivity index (χ1n) is 6.53. The number of alkyl halides is 3. The lowest BCUT2D eigenvalue weighted by Crippen LogP contribution is -2.28. The third kappa shape index (κ3) is 4.81. The van der Waals surface area contributed by atoms with Gasteiger partial charge in [-0.15, -0.1) is 0 Å². The average Bonchev–Trinajstić information content (AvgIpc) is 2.49. The number of anilines is 1. The first-order valence-corrected chi connectivity index (χ1v) is 8.11. The minimum atomic E-state index is -4.74. The normalized spacial score (nSPS) is 11.2. The van der Waals surface area contributed by atoms with Crippen molar-refractivity contribution in [3.05, 3.63) is 62.8 Å². The van der Waals surface area contributed by atoms with E-state index in [2.05, 4.69) is 26.6 Å². The zero-order valence-electron chi connectivity index (χ0n) is 11.8. The Kier molecular flexibility index (Phi) is 6.06. The van der Waals surface area contributed by atoms with Gasteiger partial charge in [-0.1, -0.05) is 23.7 Å². The summed E-state index contributed by atoms with van der Waals surface area (Å²) in [5.74, 6) is -1.31. The highest BCUT2D eigenvalue weighted by Gasteiger charge is 2.34. The molecule has 0 amide bonds. The molecule has 2 nitrogen and oxygen atoms in total. The molecule has 128 valence electrons. The summed E-state index contributed by atoms with van der Waals surface area (Å²) in [5, 5.41) is 6.07. The largest absolute Gasteiger partial charge is 0.419 e. The van der Waals surface area contributed by atoms with Gasteiger partial charge in [-0.25, -0.2) is 4.39 Å². The van der Waals surface area contributed by atoms with Gasteiger partial charge in [0.1, 0.15) is 5.82 Å². The lowest BCUT2D eigenvalue weighted by Gasteiger charge is -2.14. The zero-order valence-corrected chi connectivity index (χ0v) is 15.0. The van der Waals surface area contributed by atoms with Crippen molar-refractivity contribution < 1.29 is 17.6 Å². The maximum Gasteiger partial charge on any atom is 0.419 e. The molecule has 0 aromatic heterocycles. The predicted octanol–water partition coefficient (Wildman–Crippen LogP) is 5.75. The van der Waals surface area contributed by atoms with Gasteiger partial charge in [-0.2, -0.15) is 13.2 Å². The standard InChI is InChI=1S/C15H10BrClF4N2S/c16-11-5-4-9(6-12(11)17)23-14(24)22-7-8-2-1-3-10(13(8)18)15(19,20)21/h1-6H,7H2,(H2,22,23,24). The molecule has 2 aromatic carbocycles. The van der Waals surface area contributed by atoms with Crippen molar-refractivity contribution in [2.75, 3.05) is 5.32 Å². The molecule has 0 unspecified atom stereocenters. The van der Waals surface area contributed by atoms with Crippen molar-refractivity contribution in [1.29, 1.82) is 0 Å². The van der Waals surface area contributed by atoms with Crippen LogP contribution in [0.4, 0.5) is 23.2 Å². The van der Waals surface area contributed by atoms with E-state index in [0.29, 0.717) is 21.2 Å². The molecule has 0 radical (unpaired) electrons. The van der Waals surface area contributed by atoms with Crippen molar-refractivity contribution >= 4 is 50.5 Å². The van der Waals surface area contributed by atoms with Gasteiger partial charge in [0.15, 0.2) is 5.11 Å². The molecule has 2 rings (SSSR count). The highest BCUT2D eigenvalue weighted by Crippen LogP contribution is 2.32. The van der Waals surface area contributed by atoms with Crippen LogP contribution in [0.3, 0.4) is 0 Å². The minimum Gasteiger partial charge on any atom is -0.358 e. The fourth-order valence-corrected chi connectivity index (χ4v) is 2.48. The number of nitrogens with one attached hydrogen (secondary N) is 2. The maximum absolute atomic E-state index is 13.9. The molecule has 0 aliphatic carbocycles. The van der Waals surface area contributed by atoms with E-state index >= 15 is 0 Å². The molecule has 2 aromatic rings. The molecule has 0 atom stereocenters. The first-order chi connectivity index (χ1) is 11.2. The van der Waals surface area contributed by atoms with Crippen molar-refractivity contribution in [2.45, 2.75) is 12.7 Å². The van der Waals surface area contributed by atoms with Crippen LogP contribution in [0.2, 0.25) is 5.02 Å². The second-order valence-electron chi connectivity index (χ2n) is 4.71. The Morgan fingerprint density at radius 3 is 2.54 bits per heavy atom. The van der Waals surface area contributed by atoms with Gasteiger partial charge in [0, 0.05) is 22.3 Å². The fourth-order valence-electron chi connectivity index (χ4n) is 1.86. The predicted molar refractivity (Wildman–Crippen MR) is 93.6 cm³/mol. The summed E-state index contributed by atoms with van der Waals surface area (Å²) in [6.45, 7) is -0.189. The van der Waals surface area contributed by atoms with Crippen LogP contribution in [-0.2, 0) is 12.7 Å². The monoisotopic (exact) mass is 440 g/mol. The lowest BCUT2D eigenvalue weighted by molar-refractivity contribution is -0.140. The van der Waals surface area contributed by atoms with Gasteiger partial charge in [0.2, 0.25) is 0 Å². The van der Waals surface area contributed by atoms with Crippen LogP contribution in [-0.4, -0.2) is 5.11 Å². The lowest BCUT2D eigenvalue weighted by atomic mass is 10.1. The van der Waals surface area contributed by atoms with Gasteiger partial charge in [-0.3, -0.25) is 0 Å². The van der Waals surface area contributed by atoms with Gasteiger partial charge in [0.05, 0.1) is 10.6 Å². The molecule has 0 spiro atoms. The number of hydrogen-bond donors (Lipinski definition) is 2. The third-order valence-corrected chi connectivity index (χ3v) is 4.48. The quantitative estimate of drug-likeness (QED) is 0.469. The highest BCUT2D eigenvalue weighted by atomic mass is 79.9. The molecule has 0 fully saturated rings. The number of halogens is 6. The van der Waals surface area contributed by atoms with Gasteiger partial charge < -0.3 is 10.6 Å². The molecule has 24 heavy (non-hydrogen) atoms. The molecule has 0 bridgehead atoms. The number of thiocarbonyl (C=S) groups is 1. The van der Waals surface area contributed by atoms with E-state index in [1.54, 1.807) is 18.2 Å². The Hall–Kier alpha value is -1.38. The van der Waals surface area contributed by atoms with E-state index in [-0.39, 0.29) is 17.2 Å². The van der Waals surface area contributed by atoms with E-state index in [1.165, 1.54) is 6.07 Å². The molecular weight excluding hydrogens is 432 g/mol. The van der Waals surface area contributed by atoms with Gasteiger partial charge in [0.25, 0.3) is 0 Å². The Morgan fingerprint density at radius 2 is 1.92 bits per heavy atom. The molecule has 2 N–H and O–H groups in total. The number of rotatable bonds is 3. The van der Waals surface area contributed by atoms with Crippen LogP contribution in [0.15, 0.2) is 40.9 Å². The van der Waals surface area contributed by atoms with E-state index in [0.717, 1.165) is 6.07 Å². The summed E-state index contributed by atoms with van der Waals surface area (Å²) in [6.07, 6.45) is -4.74. The Morgan fingerprint density at radius 1 is 1.21 bits per heavy atom. The fraction of sp³-hybridized carbons (Fsp3) is 0.133. The summed E-state index contributed by atoms with van der Waals surface area (Å²) in [4.78, 5) is 0. The molecular formula is C15H10BrClF4N2S. The minimum absolute atomic E-state index is 0.130. The van der Waals surface area contributed by atoms with Crippen LogP contribution in [0.5, 0.6) is 0 Å². The number of hydrogen-bond acceptors (Lipinski definition) is 1. The van der Waals surface area contributed by atoms with Gasteiger partial charge in [-0.05, 0) is 52.4 Å². The maximum atomic E-state index is 13.9. The van der Waals surface area contributed by atoms with E-state index in [9.17, 15) is 17.6 Å². The van der Waals surface area contributed by atoms with Crippen LogP contribution < -0.4 is 10.6 Å². The van der Waals surface area contributed by atoms with E-state index in [1.807, 2.05) is 0 Å². The summed E-state index contributed by atoms with van der Waals surface area (Å²) in [6, 6.07) is 8.13. The van der Waals surface area contributed by atoms with Crippen LogP contribution >= 0.6 is 39.7 Å². The van der Waals surface area contributed by atoms with Gasteiger partial charge >= 0.3 is 6.18 Å². The van der Waals surface area contributed by atoms with E-state index in [4.69, 9.17) is 23.8 Å². The number of benzene rings is 2. The first kappa shape index (κ1) is 19.0. The molecule has 0 aliphatic heterocycles. The molecule has 0 saturated carbocycles. The molecule has 0 saturated heterocycles. The molecule has 0 aliphatic rings. The average molecular weight is 442 g/mol. The van der Waals surface area contributed by atoms with Crippen molar-refractivity contribution in [2.24, 2.45) is 0 Å². The smallest absolute Gasteiger partial charge is 0.358 e. The van der Waals surface area contributed by atoms with Crippen molar-refractivity contribution in [3.63, 3.8) is 0 Å². The summed E-state index contributed by atoms with van der Waals surface area (Å²) in [7, 11) is 0. The Balaban J connectivity index is 2.03. The zero-order chi connectivity index (χ0) is 17.9. The van der Waals surface area contributed by atoms with Crippen LogP contribution in [0.1, 0.15) is 11.1 Å². The molecule has 9 heteroatoms. The second-order valence-corrected chi connectivity index (χ2v) is 6.38. The van der Waals surface area contributed by atoms with Crippen molar-refractivity contribution in [1.82, 2.24) is 5.32 Å².